The van der Waals surface area contributed by atoms with Crippen LogP contribution in [-0.2, 0) is 16.4 Å². The van der Waals surface area contributed by atoms with Crippen molar-refractivity contribution in [3.8, 4) is 11.4 Å². The Balaban J connectivity index is 1.92. The third-order valence-corrected chi connectivity index (χ3v) is 5.89. The number of halogens is 1. The molecule has 0 saturated carbocycles. The second kappa shape index (κ2) is 5.06. The van der Waals surface area contributed by atoms with E-state index in [1.165, 1.54) is 16.8 Å². The number of hydrogen-bond donors (Lipinski definition) is 1. The van der Waals surface area contributed by atoms with Crippen LogP contribution >= 0.6 is 0 Å². The minimum absolute atomic E-state index is 0.0381. The molecule has 3 rings (SSSR count). The van der Waals surface area contributed by atoms with Crippen molar-refractivity contribution >= 4 is 15.5 Å². The number of aromatic nitrogens is 4. The molecule has 0 aliphatic carbocycles. The maximum Gasteiger partial charge on any atom is 0.182 e. The van der Waals surface area contributed by atoms with E-state index in [4.69, 9.17) is 5.73 Å². The molecular weight excluding hydrogens is 297 g/mol. The quantitative estimate of drug-likeness (QED) is 0.834. The molecule has 0 amide bonds. The summed E-state index contributed by atoms with van der Waals surface area (Å²) in [4.78, 5) is 0. The van der Waals surface area contributed by atoms with E-state index in [9.17, 15) is 12.8 Å². The molecule has 21 heavy (non-hydrogen) atoms. The lowest BCUT2D eigenvalue weighted by molar-refractivity contribution is 0.534. The minimum atomic E-state index is -3.09. The normalized spacial score (nSPS) is 20.7. The van der Waals surface area contributed by atoms with Gasteiger partial charge >= 0.3 is 0 Å². The fourth-order valence-corrected chi connectivity index (χ4v) is 4.25. The molecule has 112 valence electrons. The fourth-order valence-electron chi connectivity index (χ4n) is 2.46. The van der Waals surface area contributed by atoms with Gasteiger partial charge in [0, 0.05) is 5.56 Å². The highest BCUT2D eigenvalue weighted by molar-refractivity contribution is 7.92. The lowest BCUT2D eigenvalue weighted by Gasteiger charge is -2.10. The molecule has 9 heteroatoms. The van der Waals surface area contributed by atoms with Gasteiger partial charge in [0.15, 0.2) is 15.7 Å². The van der Waals surface area contributed by atoms with E-state index in [-0.39, 0.29) is 18.0 Å². The van der Waals surface area contributed by atoms with Gasteiger partial charge in [0.2, 0.25) is 0 Å². The first-order valence-electron chi connectivity index (χ1n) is 6.50. The number of nitrogens with zero attached hydrogens (tertiary/aromatic N) is 4. The third kappa shape index (κ3) is 2.60. The predicted octanol–water partition coefficient (Wildman–Crippen LogP) is 0.639. The summed E-state index contributed by atoms with van der Waals surface area (Å²) >= 11 is 0. The largest absolute Gasteiger partial charge is 0.396 e. The van der Waals surface area contributed by atoms with Crippen LogP contribution in [-0.4, -0.2) is 39.6 Å². The first-order chi connectivity index (χ1) is 9.97. The first-order valence-corrected chi connectivity index (χ1v) is 8.22. The van der Waals surface area contributed by atoms with Gasteiger partial charge in [-0.2, -0.15) is 0 Å². The van der Waals surface area contributed by atoms with E-state index >= 15 is 0 Å². The molecule has 1 aromatic carbocycles. The van der Waals surface area contributed by atoms with Gasteiger partial charge in [-0.3, -0.25) is 0 Å². The topological polar surface area (TPSA) is 104 Å². The zero-order valence-corrected chi connectivity index (χ0v) is 11.9. The van der Waals surface area contributed by atoms with Crippen molar-refractivity contribution in [2.75, 3.05) is 11.5 Å². The van der Waals surface area contributed by atoms with E-state index < -0.39 is 20.9 Å². The van der Waals surface area contributed by atoms with Crippen LogP contribution in [0.25, 0.3) is 11.4 Å². The number of nitrogens with two attached hydrogens (primary N) is 1. The molecule has 1 fully saturated rings. The Morgan fingerprint density at radius 2 is 2.24 bits per heavy atom. The van der Waals surface area contributed by atoms with Gasteiger partial charge in [-0.1, -0.05) is 0 Å². The molecule has 7 nitrogen and oxygen atoms in total. The van der Waals surface area contributed by atoms with Gasteiger partial charge in [0.05, 0.1) is 23.2 Å². The summed E-state index contributed by atoms with van der Waals surface area (Å²) in [5.41, 5.74) is 5.93. The summed E-state index contributed by atoms with van der Waals surface area (Å²) in [5, 5.41) is 10.7. The summed E-state index contributed by atoms with van der Waals surface area (Å²) < 4.78 is 38.7. The van der Waals surface area contributed by atoms with E-state index in [0.29, 0.717) is 24.2 Å². The van der Waals surface area contributed by atoms with Crippen molar-refractivity contribution in [1.82, 2.24) is 20.2 Å². The van der Waals surface area contributed by atoms with Gasteiger partial charge in [0.25, 0.3) is 0 Å². The lowest BCUT2D eigenvalue weighted by Crippen LogP contribution is -2.23. The van der Waals surface area contributed by atoms with E-state index in [0.717, 1.165) is 0 Å². The molecule has 0 bridgehead atoms. The van der Waals surface area contributed by atoms with Gasteiger partial charge in [-0.05, 0) is 41.5 Å². The van der Waals surface area contributed by atoms with Crippen molar-refractivity contribution < 1.29 is 12.8 Å². The monoisotopic (exact) mass is 311 g/mol. The van der Waals surface area contributed by atoms with Crippen LogP contribution in [0.3, 0.4) is 0 Å². The van der Waals surface area contributed by atoms with Crippen LogP contribution in [0.5, 0.6) is 0 Å². The molecular formula is C12H14FN5O2S. The maximum absolute atomic E-state index is 13.5. The van der Waals surface area contributed by atoms with Crippen LogP contribution in [0.4, 0.5) is 10.1 Å². The van der Waals surface area contributed by atoms with E-state index in [1.807, 2.05) is 0 Å². The second-order valence-corrected chi connectivity index (χ2v) is 7.45. The summed E-state index contributed by atoms with van der Waals surface area (Å²) in [6, 6.07) is 4.26. The molecule has 1 aliphatic rings. The van der Waals surface area contributed by atoms with Crippen molar-refractivity contribution in [2.24, 2.45) is 0 Å². The van der Waals surface area contributed by atoms with Crippen molar-refractivity contribution in [1.29, 1.82) is 0 Å². The number of hydrogen-bond acceptors (Lipinski definition) is 6. The van der Waals surface area contributed by atoms with Crippen LogP contribution < -0.4 is 5.73 Å². The first kappa shape index (κ1) is 13.9. The van der Waals surface area contributed by atoms with E-state index in [1.54, 1.807) is 6.07 Å². The number of rotatable bonds is 3. The van der Waals surface area contributed by atoms with Crippen LogP contribution in [0.15, 0.2) is 18.2 Å². The Hall–Kier alpha value is -2.03. The van der Waals surface area contributed by atoms with E-state index in [2.05, 4.69) is 15.5 Å². The second-order valence-electron chi connectivity index (χ2n) is 5.05. The zero-order valence-electron chi connectivity index (χ0n) is 11.1. The van der Waals surface area contributed by atoms with Crippen LogP contribution in [0, 0.1) is 5.82 Å². The highest BCUT2D eigenvalue weighted by Gasteiger charge is 2.32. The fraction of sp³-hybridized carbons (Fsp3) is 0.417. The smallest absolute Gasteiger partial charge is 0.182 e. The molecule has 2 aromatic rings. The molecule has 2 heterocycles. The molecule has 1 aromatic heterocycles. The number of anilines is 1. The molecule has 1 unspecified atom stereocenters. The molecule has 1 atom stereocenters. The van der Waals surface area contributed by atoms with Gasteiger partial charge < -0.3 is 5.73 Å². The predicted molar refractivity (Wildman–Crippen MR) is 74.4 cm³/mol. The summed E-state index contributed by atoms with van der Waals surface area (Å²) in [5.74, 6) is -0.0300. The van der Waals surface area contributed by atoms with Crippen molar-refractivity contribution in [2.45, 2.75) is 24.6 Å². The number of nitrogen functional groups attached to an aromatic ring is 1. The Bertz CT molecular complexity index is 774. The molecule has 1 saturated heterocycles. The lowest BCUT2D eigenvalue weighted by atomic mass is 10.2. The van der Waals surface area contributed by atoms with Crippen molar-refractivity contribution in [3.63, 3.8) is 0 Å². The Labute approximate surface area is 120 Å². The summed E-state index contributed by atoms with van der Waals surface area (Å²) in [7, 11) is -3.09. The highest BCUT2D eigenvalue weighted by Crippen LogP contribution is 2.24. The third-order valence-electron chi connectivity index (χ3n) is 3.63. The SMILES string of the molecule is Nc1ccc(-c2nnnn2CC2CCCS2(=O)=O)cc1F. The minimum Gasteiger partial charge on any atom is -0.396 e. The Morgan fingerprint density at radius 3 is 2.90 bits per heavy atom. The van der Waals surface area contributed by atoms with Crippen LogP contribution in [0.1, 0.15) is 12.8 Å². The maximum atomic E-state index is 13.5. The standard InChI is InChI=1S/C12H14FN5O2S/c13-10-6-8(3-4-11(10)14)12-15-16-17-18(12)7-9-2-1-5-21(9,19)20/h3-4,6,9H,1-2,5,7,14H2. The average molecular weight is 311 g/mol. The molecule has 0 radical (unpaired) electrons. The Morgan fingerprint density at radius 1 is 1.43 bits per heavy atom. The summed E-state index contributed by atoms with van der Waals surface area (Å²) in [6.45, 7) is 0.177. The molecule has 0 spiro atoms. The number of sulfone groups is 1. The van der Waals surface area contributed by atoms with Gasteiger partial charge in [-0.25, -0.2) is 17.5 Å². The van der Waals surface area contributed by atoms with Crippen LogP contribution in [0.2, 0.25) is 0 Å². The summed E-state index contributed by atoms with van der Waals surface area (Å²) in [6.07, 6.45) is 1.25. The van der Waals surface area contributed by atoms with Gasteiger partial charge in [0.1, 0.15) is 5.82 Å². The number of benzene rings is 1. The number of tetrazole rings is 1. The highest BCUT2D eigenvalue weighted by atomic mass is 32.2. The van der Waals surface area contributed by atoms with Gasteiger partial charge in [-0.15, -0.1) is 5.10 Å². The Kier molecular flexibility index (Phi) is 3.36. The average Bonchev–Trinajstić information content (AvgIpc) is 3.01. The molecule has 1 aliphatic heterocycles. The zero-order chi connectivity index (χ0) is 15.0. The van der Waals surface area contributed by atoms with Crippen molar-refractivity contribution in [3.05, 3.63) is 24.0 Å². The molecule has 2 N–H and O–H groups in total.